The Morgan fingerprint density at radius 2 is 2.00 bits per heavy atom. The van der Waals surface area contributed by atoms with Crippen LogP contribution < -0.4 is 4.90 Å². The number of ether oxygens (including phenoxy) is 1. The van der Waals surface area contributed by atoms with Gasteiger partial charge in [0.1, 0.15) is 12.1 Å². The van der Waals surface area contributed by atoms with Gasteiger partial charge in [0.05, 0.1) is 17.2 Å². The zero-order chi connectivity index (χ0) is 16.5. The van der Waals surface area contributed by atoms with Gasteiger partial charge in [0.2, 0.25) is 0 Å². The molecule has 1 atom stereocenters. The number of aromatic nitrogens is 4. The van der Waals surface area contributed by atoms with E-state index in [1.54, 1.807) is 6.33 Å². The van der Waals surface area contributed by atoms with Crippen molar-refractivity contribution in [1.82, 2.24) is 24.6 Å². The highest BCUT2D eigenvalue weighted by Gasteiger charge is 2.25. The molecule has 0 aromatic carbocycles. The molecule has 0 spiro atoms. The van der Waals surface area contributed by atoms with E-state index in [0.29, 0.717) is 0 Å². The number of nitrogens with zero attached hydrogens (tertiary/aromatic N) is 6. The van der Waals surface area contributed by atoms with Crippen LogP contribution in [0.2, 0.25) is 0 Å². The third-order valence-corrected chi connectivity index (χ3v) is 5.09. The second-order valence-corrected chi connectivity index (χ2v) is 6.90. The molecule has 24 heavy (non-hydrogen) atoms. The molecule has 130 valence electrons. The van der Waals surface area contributed by atoms with Crippen molar-refractivity contribution >= 4 is 16.9 Å². The molecule has 2 fully saturated rings. The summed E-state index contributed by atoms with van der Waals surface area (Å²) in [4.78, 5) is 13.9. The van der Waals surface area contributed by atoms with Crippen LogP contribution in [0, 0.1) is 6.92 Å². The minimum atomic E-state index is 0.243. The molecule has 2 aliphatic heterocycles. The lowest BCUT2D eigenvalue weighted by Crippen LogP contribution is -2.39. The highest BCUT2D eigenvalue weighted by molar-refractivity contribution is 5.89. The van der Waals surface area contributed by atoms with Crippen molar-refractivity contribution in [3.63, 3.8) is 0 Å². The van der Waals surface area contributed by atoms with Crippen LogP contribution >= 0.6 is 0 Å². The second kappa shape index (κ2) is 6.64. The number of hydrogen-bond donors (Lipinski definition) is 0. The predicted octanol–water partition coefficient (Wildman–Crippen LogP) is 1.36. The Hall–Kier alpha value is -1.73. The molecule has 2 aliphatic rings. The van der Waals surface area contributed by atoms with E-state index in [4.69, 9.17) is 4.74 Å². The van der Waals surface area contributed by atoms with E-state index < -0.39 is 0 Å². The Labute approximate surface area is 142 Å². The molecule has 0 radical (unpaired) electrons. The van der Waals surface area contributed by atoms with Gasteiger partial charge in [-0.2, -0.15) is 5.10 Å². The standard InChI is InChI=1S/C17H26N6O/c1-13-15-16(21(2)20-13)18-12-19-17(15)23-8-5-9-24-14(11-23)10-22-6-3-4-7-22/h12,14H,3-11H2,1-2H3/t14-/m1/s1. The van der Waals surface area contributed by atoms with Crippen LogP contribution in [0.1, 0.15) is 25.0 Å². The first-order valence-corrected chi connectivity index (χ1v) is 8.95. The summed E-state index contributed by atoms with van der Waals surface area (Å²) in [6.45, 7) is 8.16. The monoisotopic (exact) mass is 330 g/mol. The molecular weight excluding hydrogens is 304 g/mol. The van der Waals surface area contributed by atoms with Crippen molar-refractivity contribution in [2.24, 2.45) is 7.05 Å². The Morgan fingerprint density at radius 1 is 1.17 bits per heavy atom. The Kier molecular flexibility index (Phi) is 4.37. The number of likely N-dealkylation sites (tertiary alicyclic amines) is 1. The normalized spacial score (nSPS) is 23.1. The highest BCUT2D eigenvalue weighted by Crippen LogP contribution is 2.27. The number of aryl methyl sites for hydroxylation is 2. The molecule has 0 aliphatic carbocycles. The minimum Gasteiger partial charge on any atom is -0.375 e. The van der Waals surface area contributed by atoms with E-state index in [1.165, 1.54) is 25.9 Å². The molecule has 0 saturated carbocycles. The van der Waals surface area contributed by atoms with Crippen molar-refractivity contribution in [2.45, 2.75) is 32.3 Å². The maximum absolute atomic E-state index is 6.12. The zero-order valence-electron chi connectivity index (χ0n) is 14.6. The minimum absolute atomic E-state index is 0.243. The lowest BCUT2D eigenvalue weighted by molar-refractivity contribution is 0.0450. The van der Waals surface area contributed by atoms with Crippen molar-refractivity contribution in [2.75, 3.05) is 44.2 Å². The maximum Gasteiger partial charge on any atom is 0.163 e. The number of hydrogen-bond acceptors (Lipinski definition) is 6. The zero-order valence-corrected chi connectivity index (χ0v) is 14.6. The van der Waals surface area contributed by atoms with Crippen molar-refractivity contribution in [3.8, 4) is 0 Å². The summed E-state index contributed by atoms with van der Waals surface area (Å²) in [5, 5.41) is 5.59. The highest BCUT2D eigenvalue weighted by atomic mass is 16.5. The lowest BCUT2D eigenvalue weighted by atomic mass is 10.2. The third kappa shape index (κ3) is 2.98. The van der Waals surface area contributed by atoms with Crippen LogP contribution in [0.3, 0.4) is 0 Å². The third-order valence-electron chi connectivity index (χ3n) is 5.09. The number of rotatable bonds is 3. The van der Waals surface area contributed by atoms with E-state index in [2.05, 4.69) is 24.9 Å². The Bertz CT molecular complexity index is 708. The van der Waals surface area contributed by atoms with E-state index in [-0.39, 0.29) is 6.10 Å². The fourth-order valence-corrected chi connectivity index (χ4v) is 3.95. The van der Waals surface area contributed by atoms with Crippen LogP contribution in [0.5, 0.6) is 0 Å². The summed E-state index contributed by atoms with van der Waals surface area (Å²) in [7, 11) is 1.94. The predicted molar refractivity (Wildman–Crippen MR) is 93.3 cm³/mol. The fourth-order valence-electron chi connectivity index (χ4n) is 3.95. The van der Waals surface area contributed by atoms with Gasteiger partial charge in [0.25, 0.3) is 0 Å². The molecule has 7 heteroatoms. The van der Waals surface area contributed by atoms with Gasteiger partial charge >= 0.3 is 0 Å². The summed E-state index contributed by atoms with van der Waals surface area (Å²) < 4.78 is 7.96. The Morgan fingerprint density at radius 3 is 2.83 bits per heavy atom. The molecule has 7 nitrogen and oxygen atoms in total. The van der Waals surface area contributed by atoms with Crippen molar-refractivity contribution in [3.05, 3.63) is 12.0 Å². The summed E-state index contributed by atoms with van der Waals surface area (Å²) in [6.07, 6.45) is 5.56. The average molecular weight is 330 g/mol. The second-order valence-electron chi connectivity index (χ2n) is 6.90. The molecule has 2 aromatic rings. The fraction of sp³-hybridized carbons (Fsp3) is 0.706. The van der Waals surface area contributed by atoms with Gasteiger partial charge in [0, 0.05) is 33.3 Å². The average Bonchev–Trinajstić information content (AvgIpc) is 3.10. The van der Waals surface area contributed by atoms with Crippen LogP contribution in [-0.4, -0.2) is 70.1 Å². The van der Waals surface area contributed by atoms with Gasteiger partial charge < -0.3 is 14.5 Å². The van der Waals surface area contributed by atoms with Crippen molar-refractivity contribution in [1.29, 1.82) is 0 Å². The van der Waals surface area contributed by atoms with Crippen LogP contribution in [0.15, 0.2) is 6.33 Å². The first-order chi connectivity index (χ1) is 11.7. The molecule has 4 heterocycles. The van der Waals surface area contributed by atoms with Gasteiger partial charge in [-0.1, -0.05) is 0 Å². The topological polar surface area (TPSA) is 59.3 Å². The molecular formula is C17H26N6O. The first-order valence-electron chi connectivity index (χ1n) is 8.95. The molecule has 0 bridgehead atoms. The van der Waals surface area contributed by atoms with Gasteiger partial charge in [-0.05, 0) is 39.3 Å². The summed E-state index contributed by atoms with van der Waals surface area (Å²) in [5.74, 6) is 1.00. The number of anilines is 1. The molecule has 4 rings (SSSR count). The summed E-state index contributed by atoms with van der Waals surface area (Å²) in [6, 6.07) is 0. The van der Waals surface area contributed by atoms with E-state index in [9.17, 15) is 0 Å². The number of fused-ring (bicyclic) bond motifs is 1. The molecule has 2 saturated heterocycles. The molecule has 0 unspecified atom stereocenters. The summed E-state index contributed by atoms with van der Waals surface area (Å²) >= 11 is 0. The Balaban J connectivity index is 1.60. The molecule has 2 aromatic heterocycles. The van der Waals surface area contributed by atoms with E-state index in [1.807, 2.05) is 18.7 Å². The largest absolute Gasteiger partial charge is 0.375 e. The van der Waals surface area contributed by atoms with Crippen molar-refractivity contribution < 1.29 is 4.74 Å². The van der Waals surface area contributed by atoms with Crippen LogP contribution in [0.4, 0.5) is 5.82 Å². The van der Waals surface area contributed by atoms with Crippen LogP contribution in [0.25, 0.3) is 11.0 Å². The van der Waals surface area contributed by atoms with Gasteiger partial charge in [-0.15, -0.1) is 0 Å². The molecule has 0 amide bonds. The van der Waals surface area contributed by atoms with Gasteiger partial charge in [-0.25, -0.2) is 9.97 Å². The smallest absolute Gasteiger partial charge is 0.163 e. The van der Waals surface area contributed by atoms with E-state index in [0.717, 1.165) is 55.2 Å². The first kappa shape index (κ1) is 15.8. The van der Waals surface area contributed by atoms with E-state index >= 15 is 0 Å². The van der Waals surface area contributed by atoms with Gasteiger partial charge in [0.15, 0.2) is 5.65 Å². The van der Waals surface area contributed by atoms with Gasteiger partial charge in [-0.3, -0.25) is 4.68 Å². The maximum atomic E-state index is 6.12. The lowest BCUT2D eigenvalue weighted by Gasteiger charge is -2.28. The summed E-state index contributed by atoms with van der Waals surface area (Å²) in [5.41, 5.74) is 1.89. The SMILES string of the molecule is Cc1nn(C)c2ncnc(N3CCCO[C@H](CN4CCCC4)C3)c12. The van der Waals surface area contributed by atoms with Crippen LogP contribution in [-0.2, 0) is 11.8 Å². The molecule has 0 N–H and O–H groups in total. The quantitative estimate of drug-likeness (QED) is 0.847.